The van der Waals surface area contributed by atoms with Gasteiger partial charge in [0.25, 0.3) is 0 Å². The van der Waals surface area contributed by atoms with Crippen molar-refractivity contribution < 1.29 is 28.8 Å². The summed E-state index contributed by atoms with van der Waals surface area (Å²) < 4.78 is 27.5. The quantitative estimate of drug-likeness (QED) is 0.731. The van der Waals surface area contributed by atoms with Gasteiger partial charge in [0.05, 0.1) is 28.4 Å². The molecule has 2 aromatic carbocycles. The fraction of sp³-hybridized carbons (Fsp3) is 0.478. The SMILES string of the molecule is COCC1Cc2cc(OC)c(OC)cc2C(c2ccc(OC)c(OC)c2)C1CO. The lowest BCUT2D eigenvalue weighted by Crippen LogP contribution is -2.35. The van der Waals surface area contributed by atoms with Crippen molar-refractivity contribution in [2.24, 2.45) is 11.8 Å². The van der Waals surface area contributed by atoms with Crippen LogP contribution in [0.2, 0.25) is 0 Å². The van der Waals surface area contributed by atoms with Crippen LogP contribution < -0.4 is 18.9 Å². The zero-order valence-corrected chi connectivity index (χ0v) is 17.7. The molecule has 0 amide bonds. The molecule has 0 aromatic heterocycles. The number of aliphatic hydroxyl groups is 1. The topological polar surface area (TPSA) is 66.4 Å². The molecule has 0 fully saturated rings. The third kappa shape index (κ3) is 4.00. The molecule has 29 heavy (non-hydrogen) atoms. The molecule has 0 radical (unpaired) electrons. The van der Waals surface area contributed by atoms with Gasteiger partial charge in [-0.15, -0.1) is 0 Å². The van der Waals surface area contributed by atoms with Crippen LogP contribution >= 0.6 is 0 Å². The molecule has 1 aliphatic carbocycles. The highest BCUT2D eigenvalue weighted by Gasteiger charge is 2.38. The Morgan fingerprint density at radius 1 is 0.828 bits per heavy atom. The minimum absolute atomic E-state index is 0.00125. The second kappa shape index (κ2) is 9.37. The Balaban J connectivity index is 2.19. The van der Waals surface area contributed by atoms with Crippen molar-refractivity contribution in [1.82, 2.24) is 0 Å². The average molecular weight is 402 g/mol. The number of fused-ring (bicyclic) bond motifs is 1. The predicted octanol–water partition coefficient (Wildman–Crippen LogP) is 3.28. The molecule has 1 aliphatic rings. The van der Waals surface area contributed by atoms with Crippen molar-refractivity contribution in [3.05, 3.63) is 47.0 Å². The molecule has 0 aliphatic heterocycles. The zero-order valence-electron chi connectivity index (χ0n) is 17.7. The van der Waals surface area contributed by atoms with Gasteiger partial charge in [0.2, 0.25) is 0 Å². The fourth-order valence-electron chi connectivity index (χ4n) is 4.46. The first-order chi connectivity index (χ1) is 14.1. The Morgan fingerprint density at radius 2 is 1.45 bits per heavy atom. The van der Waals surface area contributed by atoms with E-state index in [-0.39, 0.29) is 24.4 Å². The van der Waals surface area contributed by atoms with E-state index in [2.05, 4.69) is 0 Å². The Bertz CT molecular complexity index is 834. The van der Waals surface area contributed by atoms with E-state index in [1.54, 1.807) is 35.5 Å². The maximum atomic E-state index is 10.3. The van der Waals surface area contributed by atoms with Crippen molar-refractivity contribution in [3.8, 4) is 23.0 Å². The summed E-state index contributed by atoms with van der Waals surface area (Å²) in [6.45, 7) is 0.629. The number of hydrogen-bond donors (Lipinski definition) is 1. The first-order valence-electron chi connectivity index (χ1n) is 9.68. The first-order valence-corrected chi connectivity index (χ1v) is 9.68. The van der Waals surface area contributed by atoms with E-state index in [4.69, 9.17) is 23.7 Å². The normalized spacial score (nSPS) is 20.7. The van der Waals surface area contributed by atoms with Crippen LogP contribution in [-0.4, -0.2) is 53.9 Å². The molecular formula is C23H30O6. The molecule has 0 bridgehead atoms. The molecular weight excluding hydrogens is 372 g/mol. The van der Waals surface area contributed by atoms with Crippen LogP contribution in [-0.2, 0) is 11.2 Å². The van der Waals surface area contributed by atoms with E-state index in [0.29, 0.717) is 29.6 Å². The minimum atomic E-state index is -0.0384. The van der Waals surface area contributed by atoms with Gasteiger partial charge in [0, 0.05) is 26.2 Å². The van der Waals surface area contributed by atoms with Gasteiger partial charge in [-0.1, -0.05) is 6.07 Å². The maximum absolute atomic E-state index is 10.3. The Hall–Kier alpha value is -2.44. The maximum Gasteiger partial charge on any atom is 0.161 e. The smallest absolute Gasteiger partial charge is 0.161 e. The van der Waals surface area contributed by atoms with E-state index in [1.165, 1.54) is 5.56 Å². The molecule has 3 rings (SSSR count). The van der Waals surface area contributed by atoms with Crippen LogP contribution in [0.25, 0.3) is 0 Å². The van der Waals surface area contributed by atoms with Crippen LogP contribution in [0.5, 0.6) is 23.0 Å². The van der Waals surface area contributed by atoms with Gasteiger partial charge in [-0.2, -0.15) is 0 Å². The highest BCUT2D eigenvalue weighted by atomic mass is 16.5. The Kier molecular flexibility index (Phi) is 6.87. The highest BCUT2D eigenvalue weighted by molar-refractivity contribution is 5.54. The molecule has 2 aromatic rings. The lowest BCUT2D eigenvalue weighted by Gasteiger charge is -2.39. The molecule has 0 heterocycles. The molecule has 0 saturated heterocycles. The average Bonchev–Trinajstić information content (AvgIpc) is 2.76. The van der Waals surface area contributed by atoms with E-state index in [0.717, 1.165) is 17.5 Å². The van der Waals surface area contributed by atoms with Gasteiger partial charge in [-0.25, -0.2) is 0 Å². The van der Waals surface area contributed by atoms with Gasteiger partial charge in [0.1, 0.15) is 0 Å². The number of ether oxygens (including phenoxy) is 5. The lowest BCUT2D eigenvalue weighted by molar-refractivity contribution is 0.0751. The number of hydrogen-bond acceptors (Lipinski definition) is 6. The van der Waals surface area contributed by atoms with Crippen molar-refractivity contribution in [2.45, 2.75) is 12.3 Å². The number of benzene rings is 2. The van der Waals surface area contributed by atoms with E-state index in [1.807, 2.05) is 30.3 Å². The Labute approximate surface area is 172 Å². The van der Waals surface area contributed by atoms with Gasteiger partial charge < -0.3 is 28.8 Å². The van der Waals surface area contributed by atoms with E-state index < -0.39 is 0 Å². The molecule has 3 unspecified atom stereocenters. The molecule has 6 nitrogen and oxygen atoms in total. The minimum Gasteiger partial charge on any atom is -0.493 e. The monoisotopic (exact) mass is 402 g/mol. The third-order valence-electron chi connectivity index (χ3n) is 5.85. The fourth-order valence-corrected chi connectivity index (χ4v) is 4.46. The summed E-state index contributed by atoms with van der Waals surface area (Å²) >= 11 is 0. The van der Waals surface area contributed by atoms with Crippen LogP contribution in [0, 0.1) is 11.8 Å². The van der Waals surface area contributed by atoms with Crippen LogP contribution in [0.1, 0.15) is 22.6 Å². The second-order valence-corrected chi connectivity index (χ2v) is 7.26. The third-order valence-corrected chi connectivity index (χ3v) is 5.85. The molecule has 0 spiro atoms. The predicted molar refractivity (Wildman–Crippen MR) is 111 cm³/mol. The summed E-state index contributed by atoms with van der Waals surface area (Å²) in [6, 6.07) is 9.99. The summed E-state index contributed by atoms with van der Waals surface area (Å²) in [7, 11) is 8.22. The summed E-state index contributed by atoms with van der Waals surface area (Å²) in [4.78, 5) is 0. The molecule has 1 N–H and O–H groups in total. The van der Waals surface area contributed by atoms with Crippen LogP contribution in [0.15, 0.2) is 30.3 Å². The second-order valence-electron chi connectivity index (χ2n) is 7.26. The number of methoxy groups -OCH3 is 5. The van der Waals surface area contributed by atoms with Crippen LogP contribution in [0.4, 0.5) is 0 Å². The van der Waals surface area contributed by atoms with Crippen LogP contribution in [0.3, 0.4) is 0 Å². The van der Waals surface area contributed by atoms with Gasteiger partial charge in [-0.3, -0.25) is 0 Å². The summed E-state index contributed by atoms with van der Waals surface area (Å²) in [5.41, 5.74) is 3.35. The summed E-state index contributed by atoms with van der Waals surface area (Å²) in [5.74, 6) is 2.86. The molecule has 0 saturated carbocycles. The van der Waals surface area contributed by atoms with Gasteiger partial charge >= 0.3 is 0 Å². The van der Waals surface area contributed by atoms with Crippen molar-refractivity contribution in [1.29, 1.82) is 0 Å². The largest absolute Gasteiger partial charge is 0.493 e. The Morgan fingerprint density at radius 3 is 2.03 bits per heavy atom. The van der Waals surface area contributed by atoms with Crippen molar-refractivity contribution in [3.63, 3.8) is 0 Å². The molecule has 158 valence electrons. The molecule has 3 atom stereocenters. The van der Waals surface area contributed by atoms with Gasteiger partial charge in [-0.05, 0) is 59.2 Å². The summed E-state index contributed by atoms with van der Waals surface area (Å²) in [6.07, 6.45) is 0.804. The summed E-state index contributed by atoms with van der Waals surface area (Å²) in [5, 5.41) is 10.3. The van der Waals surface area contributed by atoms with Gasteiger partial charge in [0.15, 0.2) is 23.0 Å². The number of rotatable bonds is 8. The van der Waals surface area contributed by atoms with E-state index >= 15 is 0 Å². The lowest BCUT2D eigenvalue weighted by atomic mass is 9.67. The molecule has 6 heteroatoms. The number of aliphatic hydroxyl groups excluding tert-OH is 1. The zero-order chi connectivity index (χ0) is 21.0. The van der Waals surface area contributed by atoms with Crippen molar-refractivity contribution in [2.75, 3.05) is 48.8 Å². The van der Waals surface area contributed by atoms with E-state index in [9.17, 15) is 5.11 Å². The van der Waals surface area contributed by atoms with Crippen molar-refractivity contribution >= 4 is 0 Å². The standard InChI is InChI=1S/C23H30O6/c1-25-13-16-8-15-10-21(28-4)22(29-5)11-17(15)23(18(16)12-24)14-6-7-19(26-2)20(9-14)27-3/h6-7,9-11,16,18,23-24H,8,12-13H2,1-5H3. The first kappa shape index (κ1) is 21.3. The highest BCUT2D eigenvalue weighted by Crippen LogP contribution is 2.48.